The third kappa shape index (κ3) is 4.44. The fraction of sp³-hybridized carbons (Fsp3) is 0.471. The second-order valence-corrected chi connectivity index (χ2v) is 8.63. The third-order valence-corrected chi connectivity index (χ3v) is 6.99. The standard InChI is InChI=1S/C17H17BrF2N4O6S/c1-6-10(18)11(14(19)20)22-23(6)3-9(26)21-12-15(27)24-13(17(28)29)8(4-30-7(2)25)5-31-16(12)24/h12,14,16H,3-5H2,1-2H3,(H,21,26)(H,28,29)/t12-,16-/m0/s1. The van der Waals surface area contributed by atoms with Crippen molar-refractivity contribution in [1.29, 1.82) is 0 Å². The van der Waals surface area contributed by atoms with Crippen molar-refractivity contribution in [1.82, 2.24) is 20.0 Å². The molecule has 0 saturated carbocycles. The maximum atomic E-state index is 13.0. The largest absolute Gasteiger partial charge is 0.477 e. The number of rotatable bonds is 7. The number of nitrogens with zero attached hydrogens (tertiary/aromatic N) is 3. The molecule has 0 bridgehead atoms. The lowest BCUT2D eigenvalue weighted by atomic mass is 10.0. The molecule has 31 heavy (non-hydrogen) atoms. The molecule has 1 aromatic rings. The van der Waals surface area contributed by atoms with E-state index in [1.165, 1.54) is 25.6 Å². The van der Waals surface area contributed by atoms with Crippen LogP contribution in [0.25, 0.3) is 0 Å². The molecule has 0 aliphatic carbocycles. The molecule has 14 heteroatoms. The summed E-state index contributed by atoms with van der Waals surface area (Å²) in [6.45, 7) is 2.05. The van der Waals surface area contributed by atoms with E-state index in [-0.39, 0.29) is 28.1 Å². The predicted molar refractivity (Wildman–Crippen MR) is 106 cm³/mol. The number of carbonyl (C=O) groups is 4. The first kappa shape index (κ1) is 23.2. The van der Waals surface area contributed by atoms with Gasteiger partial charge in [-0.05, 0) is 22.9 Å². The molecule has 10 nitrogen and oxygen atoms in total. The van der Waals surface area contributed by atoms with E-state index in [4.69, 9.17) is 4.74 Å². The number of ether oxygens (including phenoxy) is 1. The number of aliphatic carboxylic acids is 1. The summed E-state index contributed by atoms with van der Waals surface area (Å²) in [7, 11) is 0. The van der Waals surface area contributed by atoms with Crippen LogP contribution in [0, 0.1) is 6.92 Å². The lowest BCUT2D eigenvalue weighted by Gasteiger charge is -2.49. The Morgan fingerprint density at radius 2 is 2.10 bits per heavy atom. The van der Waals surface area contributed by atoms with Gasteiger partial charge in [0.1, 0.15) is 36.0 Å². The molecule has 2 aliphatic rings. The van der Waals surface area contributed by atoms with E-state index in [9.17, 15) is 33.1 Å². The number of amides is 2. The number of aromatic nitrogens is 2. The van der Waals surface area contributed by atoms with Gasteiger partial charge >= 0.3 is 11.9 Å². The molecule has 2 amide bonds. The molecule has 2 N–H and O–H groups in total. The summed E-state index contributed by atoms with van der Waals surface area (Å²) in [5, 5.41) is 15.1. The minimum Gasteiger partial charge on any atom is -0.477 e. The number of hydrogen-bond acceptors (Lipinski definition) is 7. The first-order valence-electron chi connectivity index (χ1n) is 8.86. The van der Waals surface area contributed by atoms with Crippen molar-refractivity contribution in [2.24, 2.45) is 0 Å². The molecule has 0 aromatic carbocycles. The number of esters is 1. The lowest BCUT2D eigenvalue weighted by molar-refractivity contribution is -0.151. The summed E-state index contributed by atoms with van der Waals surface area (Å²) in [5.74, 6) is -3.00. The number of β-lactam (4-membered cyclic amide) rings is 1. The highest BCUT2D eigenvalue weighted by Gasteiger charge is 2.54. The minimum atomic E-state index is -2.82. The van der Waals surface area contributed by atoms with Crippen molar-refractivity contribution in [3.05, 3.63) is 27.1 Å². The summed E-state index contributed by atoms with van der Waals surface area (Å²) >= 11 is 4.23. The zero-order chi connectivity index (χ0) is 23.0. The van der Waals surface area contributed by atoms with Gasteiger partial charge in [0.05, 0.1) is 10.2 Å². The van der Waals surface area contributed by atoms with Gasteiger partial charge in [-0.25, -0.2) is 13.6 Å². The van der Waals surface area contributed by atoms with Gasteiger partial charge in [-0.2, -0.15) is 5.10 Å². The van der Waals surface area contributed by atoms with Crippen LogP contribution in [0.5, 0.6) is 0 Å². The first-order valence-corrected chi connectivity index (χ1v) is 10.7. The molecule has 3 heterocycles. The van der Waals surface area contributed by atoms with E-state index >= 15 is 0 Å². The number of halogens is 3. The number of nitrogens with one attached hydrogen (secondary N) is 1. The van der Waals surface area contributed by atoms with Crippen molar-refractivity contribution in [3.63, 3.8) is 0 Å². The summed E-state index contributed by atoms with van der Waals surface area (Å²) in [6, 6.07) is -0.976. The monoisotopic (exact) mass is 522 g/mol. The van der Waals surface area contributed by atoms with Crippen LogP contribution in [0.1, 0.15) is 24.7 Å². The topological polar surface area (TPSA) is 131 Å². The van der Waals surface area contributed by atoms with Gasteiger partial charge in [0.25, 0.3) is 12.3 Å². The van der Waals surface area contributed by atoms with Crippen LogP contribution < -0.4 is 5.32 Å². The van der Waals surface area contributed by atoms with Gasteiger partial charge < -0.3 is 15.2 Å². The van der Waals surface area contributed by atoms with Crippen LogP contribution in [-0.2, 0) is 30.5 Å². The summed E-state index contributed by atoms with van der Waals surface area (Å²) in [6.07, 6.45) is -2.82. The Bertz CT molecular complexity index is 998. The SMILES string of the molecule is CC(=O)OCC1=C(C(=O)O)N2C(=O)[C@H](NC(=O)Cn3nc(C(F)F)c(Br)c3C)[C@@H]2SC1. The van der Waals surface area contributed by atoms with Crippen molar-refractivity contribution in [2.75, 3.05) is 12.4 Å². The molecular formula is C17H17BrF2N4O6S. The molecule has 2 aliphatic heterocycles. The number of hydrogen-bond donors (Lipinski definition) is 2. The molecule has 2 atom stereocenters. The highest BCUT2D eigenvalue weighted by atomic mass is 79.9. The Labute approximate surface area is 187 Å². The van der Waals surface area contributed by atoms with Crippen LogP contribution in [0.3, 0.4) is 0 Å². The smallest absolute Gasteiger partial charge is 0.352 e. The van der Waals surface area contributed by atoms with E-state index < -0.39 is 53.8 Å². The molecule has 168 valence electrons. The Kier molecular flexibility index (Phi) is 6.69. The number of alkyl halides is 2. The zero-order valence-electron chi connectivity index (χ0n) is 16.2. The van der Waals surface area contributed by atoms with Crippen molar-refractivity contribution in [3.8, 4) is 0 Å². The van der Waals surface area contributed by atoms with E-state index in [1.807, 2.05) is 0 Å². The van der Waals surface area contributed by atoms with Gasteiger partial charge in [0.2, 0.25) is 5.91 Å². The fourth-order valence-electron chi connectivity index (χ4n) is 3.18. The highest BCUT2D eigenvalue weighted by Crippen LogP contribution is 2.40. The molecule has 0 unspecified atom stereocenters. The van der Waals surface area contributed by atoms with Crippen LogP contribution in [0.2, 0.25) is 0 Å². The van der Waals surface area contributed by atoms with Crippen LogP contribution >= 0.6 is 27.7 Å². The number of carbonyl (C=O) groups excluding carboxylic acids is 3. The maximum Gasteiger partial charge on any atom is 0.352 e. The molecule has 0 spiro atoms. The van der Waals surface area contributed by atoms with Crippen molar-refractivity contribution in [2.45, 2.75) is 38.2 Å². The second-order valence-electron chi connectivity index (χ2n) is 6.74. The van der Waals surface area contributed by atoms with Gasteiger partial charge in [0.15, 0.2) is 0 Å². The summed E-state index contributed by atoms with van der Waals surface area (Å²) in [4.78, 5) is 48.7. The van der Waals surface area contributed by atoms with E-state index in [0.717, 1.165) is 9.58 Å². The van der Waals surface area contributed by atoms with Gasteiger partial charge in [-0.3, -0.25) is 24.0 Å². The summed E-state index contributed by atoms with van der Waals surface area (Å²) in [5.41, 5.74) is -0.159. The molecular weight excluding hydrogens is 506 g/mol. The van der Waals surface area contributed by atoms with E-state index in [0.29, 0.717) is 5.69 Å². The van der Waals surface area contributed by atoms with Crippen molar-refractivity contribution >= 4 is 51.4 Å². The zero-order valence-corrected chi connectivity index (χ0v) is 18.6. The van der Waals surface area contributed by atoms with E-state index in [1.54, 1.807) is 0 Å². The maximum absolute atomic E-state index is 13.0. The summed E-state index contributed by atoms with van der Waals surface area (Å²) < 4.78 is 32.0. The van der Waals surface area contributed by atoms with Crippen LogP contribution in [-0.4, -0.2) is 67.3 Å². The van der Waals surface area contributed by atoms with Gasteiger partial charge in [-0.1, -0.05) is 0 Å². The Hall–Kier alpha value is -2.48. The Morgan fingerprint density at radius 1 is 1.42 bits per heavy atom. The number of carboxylic acid groups (broad SMARTS) is 1. The van der Waals surface area contributed by atoms with Crippen molar-refractivity contribution < 1.29 is 37.8 Å². The first-order chi connectivity index (χ1) is 14.5. The highest BCUT2D eigenvalue weighted by molar-refractivity contribution is 9.10. The molecule has 1 aromatic heterocycles. The minimum absolute atomic E-state index is 0.0978. The van der Waals surface area contributed by atoms with Crippen LogP contribution in [0.15, 0.2) is 15.7 Å². The predicted octanol–water partition coefficient (Wildman–Crippen LogP) is 1.19. The lowest BCUT2D eigenvalue weighted by Crippen LogP contribution is -2.70. The number of carboxylic acids is 1. The average molecular weight is 523 g/mol. The third-order valence-electron chi connectivity index (χ3n) is 4.67. The molecule has 1 fully saturated rings. The van der Waals surface area contributed by atoms with Gasteiger partial charge in [-0.15, -0.1) is 11.8 Å². The number of thioether (sulfide) groups is 1. The van der Waals surface area contributed by atoms with Gasteiger partial charge in [0, 0.05) is 18.2 Å². The molecule has 1 saturated heterocycles. The average Bonchev–Trinajstić information content (AvgIpc) is 2.98. The number of fused-ring (bicyclic) bond motifs is 1. The molecule has 0 radical (unpaired) electrons. The van der Waals surface area contributed by atoms with E-state index in [2.05, 4.69) is 26.3 Å². The Balaban J connectivity index is 1.70. The Morgan fingerprint density at radius 3 is 2.65 bits per heavy atom. The quantitative estimate of drug-likeness (QED) is 0.403. The second kappa shape index (κ2) is 8.94. The fourth-order valence-corrected chi connectivity index (χ4v) is 4.96. The normalized spacial score (nSPS) is 20.5. The van der Waals surface area contributed by atoms with Crippen LogP contribution in [0.4, 0.5) is 8.78 Å². The molecule has 3 rings (SSSR count).